The summed E-state index contributed by atoms with van der Waals surface area (Å²) in [6, 6.07) is 10.9. The SMILES string of the molecule is CCNC(c1ccc(C)nc1)c1ccc2c(c1)CCO2. The number of pyridine rings is 1. The van der Waals surface area contributed by atoms with Gasteiger partial charge in [-0.1, -0.05) is 25.1 Å². The fourth-order valence-corrected chi connectivity index (χ4v) is 2.67. The van der Waals surface area contributed by atoms with Gasteiger partial charge in [-0.15, -0.1) is 0 Å². The van der Waals surface area contributed by atoms with Crippen LogP contribution in [0.15, 0.2) is 36.5 Å². The Morgan fingerprint density at radius 1 is 1.25 bits per heavy atom. The molecule has 1 aliphatic rings. The summed E-state index contributed by atoms with van der Waals surface area (Å²) in [6.45, 7) is 5.87. The first kappa shape index (κ1) is 13.1. The molecule has 3 rings (SSSR count). The molecule has 0 aliphatic carbocycles. The van der Waals surface area contributed by atoms with Gasteiger partial charge in [-0.2, -0.15) is 0 Å². The summed E-state index contributed by atoms with van der Waals surface area (Å²) in [7, 11) is 0. The second kappa shape index (κ2) is 5.63. The van der Waals surface area contributed by atoms with Crippen molar-refractivity contribution in [2.45, 2.75) is 26.3 Å². The number of hydrogen-bond donors (Lipinski definition) is 1. The Kier molecular flexibility index (Phi) is 3.70. The van der Waals surface area contributed by atoms with Crippen molar-refractivity contribution in [3.8, 4) is 5.75 Å². The van der Waals surface area contributed by atoms with Gasteiger partial charge in [0.15, 0.2) is 0 Å². The van der Waals surface area contributed by atoms with Gasteiger partial charge in [0, 0.05) is 18.3 Å². The predicted molar refractivity (Wildman–Crippen MR) is 80.1 cm³/mol. The molecule has 0 radical (unpaired) electrons. The molecule has 1 aromatic carbocycles. The monoisotopic (exact) mass is 268 g/mol. The number of fused-ring (bicyclic) bond motifs is 1. The molecule has 0 fully saturated rings. The number of ether oxygens (including phenoxy) is 1. The molecule has 1 unspecified atom stereocenters. The van der Waals surface area contributed by atoms with Crippen LogP contribution in [0.1, 0.15) is 35.3 Å². The third kappa shape index (κ3) is 2.54. The Balaban J connectivity index is 1.95. The molecule has 0 saturated heterocycles. The van der Waals surface area contributed by atoms with Crippen LogP contribution in [0.5, 0.6) is 5.75 Å². The van der Waals surface area contributed by atoms with Gasteiger partial charge in [0.25, 0.3) is 0 Å². The van der Waals surface area contributed by atoms with Crippen molar-refractivity contribution < 1.29 is 4.74 Å². The van der Waals surface area contributed by atoms with E-state index in [0.29, 0.717) is 0 Å². The first-order chi connectivity index (χ1) is 9.78. The molecule has 104 valence electrons. The van der Waals surface area contributed by atoms with E-state index in [-0.39, 0.29) is 6.04 Å². The summed E-state index contributed by atoms with van der Waals surface area (Å²) in [5.74, 6) is 1.03. The molecule has 1 N–H and O–H groups in total. The second-order valence-corrected chi connectivity index (χ2v) is 5.19. The molecule has 0 saturated carbocycles. The van der Waals surface area contributed by atoms with Crippen molar-refractivity contribution in [3.05, 3.63) is 58.9 Å². The van der Waals surface area contributed by atoms with Crippen molar-refractivity contribution in [1.82, 2.24) is 10.3 Å². The van der Waals surface area contributed by atoms with Gasteiger partial charge in [-0.25, -0.2) is 0 Å². The van der Waals surface area contributed by atoms with E-state index < -0.39 is 0 Å². The molecule has 20 heavy (non-hydrogen) atoms. The van der Waals surface area contributed by atoms with Gasteiger partial charge < -0.3 is 10.1 Å². The van der Waals surface area contributed by atoms with Crippen LogP contribution in [0.25, 0.3) is 0 Å². The number of nitrogens with one attached hydrogen (secondary N) is 1. The topological polar surface area (TPSA) is 34.2 Å². The molecular formula is C17H20N2O. The van der Waals surface area contributed by atoms with E-state index in [9.17, 15) is 0 Å². The molecule has 3 heteroatoms. The van der Waals surface area contributed by atoms with Gasteiger partial charge >= 0.3 is 0 Å². The Labute approximate surface area is 120 Å². The van der Waals surface area contributed by atoms with Crippen LogP contribution in [0, 0.1) is 6.92 Å². The van der Waals surface area contributed by atoms with E-state index in [1.54, 1.807) is 0 Å². The quantitative estimate of drug-likeness (QED) is 0.925. The lowest BCUT2D eigenvalue weighted by atomic mass is 9.97. The van der Waals surface area contributed by atoms with E-state index in [1.165, 1.54) is 16.7 Å². The van der Waals surface area contributed by atoms with Crippen LogP contribution in [-0.4, -0.2) is 18.1 Å². The van der Waals surface area contributed by atoms with Crippen LogP contribution in [0.4, 0.5) is 0 Å². The largest absolute Gasteiger partial charge is 0.493 e. The molecule has 0 amide bonds. The number of rotatable bonds is 4. The molecular weight excluding hydrogens is 248 g/mol. The van der Waals surface area contributed by atoms with Gasteiger partial charge in [0.1, 0.15) is 5.75 Å². The average Bonchev–Trinajstić information content (AvgIpc) is 2.93. The van der Waals surface area contributed by atoms with Crippen molar-refractivity contribution in [2.75, 3.05) is 13.2 Å². The average molecular weight is 268 g/mol. The molecule has 1 aromatic heterocycles. The van der Waals surface area contributed by atoms with Crippen LogP contribution in [0.2, 0.25) is 0 Å². The molecule has 0 bridgehead atoms. The third-order valence-electron chi connectivity index (χ3n) is 3.72. The molecule has 1 atom stereocenters. The minimum absolute atomic E-state index is 0.194. The lowest BCUT2D eigenvalue weighted by Gasteiger charge is -2.19. The van der Waals surface area contributed by atoms with Gasteiger partial charge in [-0.3, -0.25) is 4.98 Å². The maximum absolute atomic E-state index is 5.58. The van der Waals surface area contributed by atoms with E-state index in [4.69, 9.17) is 4.74 Å². The fourth-order valence-electron chi connectivity index (χ4n) is 2.67. The van der Waals surface area contributed by atoms with Crippen molar-refractivity contribution in [2.24, 2.45) is 0 Å². The minimum atomic E-state index is 0.194. The molecule has 2 heterocycles. The number of aromatic nitrogens is 1. The van der Waals surface area contributed by atoms with Crippen LogP contribution >= 0.6 is 0 Å². The Bertz CT molecular complexity index is 592. The minimum Gasteiger partial charge on any atom is -0.493 e. The van der Waals surface area contributed by atoms with E-state index in [2.05, 4.69) is 47.6 Å². The fraction of sp³-hybridized carbons (Fsp3) is 0.353. The third-order valence-corrected chi connectivity index (χ3v) is 3.72. The zero-order valence-corrected chi connectivity index (χ0v) is 12.0. The summed E-state index contributed by atoms with van der Waals surface area (Å²) in [6.07, 6.45) is 2.97. The molecule has 0 spiro atoms. The molecule has 3 nitrogen and oxygen atoms in total. The highest BCUT2D eigenvalue weighted by Crippen LogP contribution is 2.30. The van der Waals surface area contributed by atoms with Crippen LogP contribution < -0.4 is 10.1 Å². The molecule has 2 aromatic rings. The number of benzene rings is 1. The summed E-state index contributed by atoms with van der Waals surface area (Å²) >= 11 is 0. The Hall–Kier alpha value is -1.87. The van der Waals surface area contributed by atoms with Gasteiger partial charge in [-0.05, 0) is 42.3 Å². The highest BCUT2D eigenvalue weighted by atomic mass is 16.5. The van der Waals surface area contributed by atoms with Crippen molar-refractivity contribution in [3.63, 3.8) is 0 Å². The van der Waals surface area contributed by atoms with Gasteiger partial charge in [0.2, 0.25) is 0 Å². The van der Waals surface area contributed by atoms with Crippen molar-refractivity contribution >= 4 is 0 Å². The van der Waals surface area contributed by atoms with Crippen molar-refractivity contribution in [1.29, 1.82) is 0 Å². The summed E-state index contributed by atoms with van der Waals surface area (Å²) in [5, 5.41) is 3.55. The van der Waals surface area contributed by atoms with Crippen LogP contribution in [-0.2, 0) is 6.42 Å². The normalized spacial score (nSPS) is 14.7. The highest BCUT2D eigenvalue weighted by molar-refractivity contribution is 5.43. The lowest BCUT2D eigenvalue weighted by Crippen LogP contribution is -2.22. The second-order valence-electron chi connectivity index (χ2n) is 5.19. The highest BCUT2D eigenvalue weighted by Gasteiger charge is 2.18. The first-order valence-electron chi connectivity index (χ1n) is 7.19. The molecule has 1 aliphatic heterocycles. The number of hydrogen-bond acceptors (Lipinski definition) is 3. The number of aryl methyl sites for hydroxylation is 1. The zero-order valence-electron chi connectivity index (χ0n) is 12.0. The smallest absolute Gasteiger partial charge is 0.122 e. The lowest BCUT2D eigenvalue weighted by molar-refractivity contribution is 0.357. The van der Waals surface area contributed by atoms with Crippen LogP contribution in [0.3, 0.4) is 0 Å². The Morgan fingerprint density at radius 2 is 2.10 bits per heavy atom. The van der Waals surface area contributed by atoms with E-state index in [0.717, 1.165) is 31.0 Å². The van der Waals surface area contributed by atoms with Gasteiger partial charge in [0.05, 0.1) is 12.6 Å². The summed E-state index contributed by atoms with van der Waals surface area (Å²) in [5.41, 5.74) is 4.84. The maximum atomic E-state index is 5.58. The summed E-state index contributed by atoms with van der Waals surface area (Å²) < 4.78 is 5.58. The van der Waals surface area contributed by atoms with E-state index >= 15 is 0 Å². The standard InChI is InChI=1S/C17H20N2O/c1-3-18-17(15-5-4-12(2)19-11-15)14-6-7-16-13(10-14)8-9-20-16/h4-7,10-11,17-18H,3,8-9H2,1-2H3. The number of nitrogens with zero attached hydrogens (tertiary/aromatic N) is 1. The first-order valence-corrected chi connectivity index (χ1v) is 7.19. The predicted octanol–water partition coefficient (Wildman–Crippen LogP) is 3.02. The zero-order chi connectivity index (χ0) is 13.9. The maximum Gasteiger partial charge on any atom is 0.122 e. The van der Waals surface area contributed by atoms with E-state index in [1.807, 2.05) is 13.1 Å². The Morgan fingerprint density at radius 3 is 2.85 bits per heavy atom. The summed E-state index contributed by atoms with van der Waals surface area (Å²) in [4.78, 5) is 4.42.